The number of amides is 1. The van der Waals surface area contributed by atoms with E-state index in [9.17, 15) is 9.59 Å². The third kappa shape index (κ3) is 2.90. The topological polar surface area (TPSA) is 81.7 Å². The Kier molecular flexibility index (Phi) is 4.32. The first-order valence-electron chi connectivity index (χ1n) is 9.02. The lowest BCUT2D eigenvalue weighted by atomic mass is 10.1. The van der Waals surface area contributed by atoms with Crippen molar-refractivity contribution in [1.29, 1.82) is 0 Å². The Morgan fingerprint density at radius 3 is 3.03 bits per heavy atom. The molecule has 0 aliphatic carbocycles. The number of carbonyl (C=O) groups excluding carboxylic acids is 1. The summed E-state index contributed by atoms with van der Waals surface area (Å²) in [6.07, 6.45) is 0. The van der Waals surface area contributed by atoms with Crippen LogP contribution in [-0.2, 0) is 11.8 Å². The number of thioether (sulfide) groups is 1. The fraction of sp³-hybridized carbons (Fsp3) is 0.263. The van der Waals surface area contributed by atoms with Crippen molar-refractivity contribution in [2.24, 2.45) is 7.05 Å². The minimum Gasteiger partial charge on any atom is -0.490 e. The summed E-state index contributed by atoms with van der Waals surface area (Å²) in [7, 11) is 1.68. The number of rotatable bonds is 3. The van der Waals surface area contributed by atoms with Crippen LogP contribution in [0.3, 0.4) is 0 Å². The molecular formula is C19H17N5O3S2. The third-order valence-electron chi connectivity index (χ3n) is 4.90. The van der Waals surface area contributed by atoms with E-state index in [1.54, 1.807) is 11.9 Å². The van der Waals surface area contributed by atoms with Gasteiger partial charge in [0, 0.05) is 7.05 Å². The maximum atomic E-state index is 13.0. The van der Waals surface area contributed by atoms with Gasteiger partial charge in [0.05, 0.1) is 23.5 Å². The molecule has 1 aliphatic rings. The van der Waals surface area contributed by atoms with E-state index in [0.717, 1.165) is 22.5 Å². The Morgan fingerprint density at radius 2 is 2.17 bits per heavy atom. The van der Waals surface area contributed by atoms with Gasteiger partial charge in [-0.2, -0.15) is 0 Å². The van der Waals surface area contributed by atoms with Crippen LogP contribution in [0.15, 0.2) is 39.6 Å². The van der Waals surface area contributed by atoms with E-state index in [2.05, 4.69) is 10.2 Å². The molecule has 148 valence electrons. The highest BCUT2D eigenvalue weighted by Gasteiger charge is 2.25. The van der Waals surface area contributed by atoms with Crippen molar-refractivity contribution < 1.29 is 9.53 Å². The van der Waals surface area contributed by atoms with E-state index in [0.29, 0.717) is 28.8 Å². The van der Waals surface area contributed by atoms with Crippen LogP contribution in [-0.4, -0.2) is 44.0 Å². The lowest BCUT2D eigenvalue weighted by molar-refractivity contribution is -0.116. The summed E-state index contributed by atoms with van der Waals surface area (Å²) in [6.45, 7) is 2.97. The predicted octanol–water partition coefficient (Wildman–Crippen LogP) is 2.47. The summed E-state index contributed by atoms with van der Waals surface area (Å²) in [5, 5.41) is 10.9. The number of hydrogen-bond acceptors (Lipinski definition) is 7. The fourth-order valence-electron chi connectivity index (χ4n) is 3.46. The molecule has 4 heterocycles. The Morgan fingerprint density at radius 1 is 1.31 bits per heavy atom. The lowest BCUT2D eigenvalue weighted by Gasteiger charge is -2.29. The van der Waals surface area contributed by atoms with E-state index < -0.39 is 0 Å². The van der Waals surface area contributed by atoms with Crippen LogP contribution in [0.4, 0.5) is 5.69 Å². The summed E-state index contributed by atoms with van der Waals surface area (Å²) >= 11 is 2.70. The molecule has 10 heteroatoms. The first kappa shape index (κ1) is 18.2. The van der Waals surface area contributed by atoms with Crippen molar-refractivity contribution in [2.75, 3.05) is 23.8 Å². The molecule has 1 aliphatic heterocycles. The average molecular weight is 428 g/mol. The first-order chi connectivity index (χ1) is 14.0. The highest BCUT2D eigenvalue weighted by molar-refractivity contribution is 7.99. The molecule has 29 heavy (non-hydrogen) atoms. The van der Waals surface area contributed by atoms with Crippen molar-refractivity contribution in [3.05, 3.63) is 45.6 Å². The molecule has 0 atom stereocenters. The molecule has 3 aromatic heterocycles. The highest BCUT2D eigenvalue weighted by Crippen LogP contribution is 2.33. The first-order valence-corrected chi connectivity index (χ1v) is 10.9. The van der Waals surface area contributed by atoms with Crippen LogP contribution >= 0.6 is 23.1 Å². The van der Waals surface area contributed by atoms with Crippen LogP contribution in [0, 0.1) is 6.92 Å². The molecule has 0 fully saturated rings. The standard InChI is InChI=1S/C19H17N5O3S2/c1-11-3-4-14-13(9-11)23(6-7-27-14)15(25)10-29-19-21-20-18-22(2)17(26)16-12(24(18)19)5-8-28-16/h3-5,8-9H,6-7,10H2,1-2H3. The van der Waals surface area contributed by atoms with Gasteiger partial charge in [-0.1, -0.05) is 17.8 Å². The Balaban J connectivity index is 1.46. The Bertz CT molecular complexity index is 1320. The van der Waals surface area contributed by atoms with Crippen molar-refractivity contribution in [1.82, 2.24) is 19.2 Å². The Hall–Kier alpha value is -2.85. The summed E-state index contributed by atoms with van der Waals surface area (Å²) < 4.78 is 9.64. The van der Waals surface area contributed by atoms with Gasteiger partial charge in [-0.05, 0) is 36.1 Å². The van der Waals surface area contributed by atoms with Gasteiger partial charge in [0.25, 0.3) is 5.56 Å². The monoisotopic (exact) mass is 427 g/mol. The largest absolute Gasteiger partial charge is 0.490 e. The molecule has 0 N–H and O–H groups in total. The molecule has 0 bridgehead atoms. The van der Waals surface area contributed by atoms with E-state index in [4.69, 9.17) is 4.74 Å². The molecule has 0 spiro atoms. The van der Waals surface area contributed by atoms with Crippen LogP contribution in [0.2, 0.25) is 0 Å². The minimum atomic E-state index is -0.0946. The second-order valence-corrected chi connectivity index (χ2v) is 8.63. The molecule has 5 rings (SSSR count). The normalized spacial score (nSPS) is 13.7. The maximum Gasteiger partial charge on any atom is 0.272 e. The molecule has 1 aromatic carbocycles. The predicted molar refractivity (Wildman–Crippen MR) is 113 cm³/mol. The third-order valence-corrected chi connectivity index (χ3v) is 6.71. The van der Waals surface area contributed by atoms with E-state index in [-0.39, 0.29) is 17.2 Å². The number of fused-ring (bicyclic) bond motifs is 4. The van der Waals surface area contributed by atoms with Crippen molar-refractivity contribution in [2.45, 2.75) is 12.1 Å². The molecule has 0 saturated heterocycles. The van der Waals surface area contributed by atoms with Crippen molar-refractivity contribution in [3.8, 4) is 5.75 Å². The zero-order valence-corrected chi connectivity index (χ0v) is 17.4. The lowest BCUT2D eigenvalue weighted by Crippen LogP contribution is -2.39. The van der Waals surface area contributed by atoms with Crippen LogP contribution in [0.1, 0.15) is 5.56 Å². The zero-order chi connectivity index (χ0) is 20.1. The van der Waals surface area contributed by atoms with Gasteiger partial charge < -0.3 is 9.64 Å². The summed E-state index contributed by atoms with van der Waals surface area (Å²) in [5.74, 6) is 1.38. The molecule has 0 unspecified atom stereocenters. The minimum absolute atomic E-state index is 0.0201. The van der Waals surface area contributed by atoms with Gasteiger partial charge in [-0.3, -0.25) is 18.6 Å². The van der Waals surface area contributed by atoms with Gasteiger partial charge >= 0.3 is 0 Å². The molecule has 1 amide bonds. The molecule has 8 nitrogen and oxygen atoms in total. The number of benzene rings is 1. The van der Waals surface area contributed by atoms with Gasteiger partial charge in [0.15, 0.2) is 5.16 Å². The highest BCUT2D eigenvalue weighted by atomic mass is 32.2. The summed E-state index contributed by atoms with van der Waals surface area (Å²) in [4.78, 5) is 27.2. The second kappa shape index (κ2) is 6.89. The van der Waals surface area contributed by atoms with E-state index >= 15 is 0 Å². The van der Waals surface area contributed by atoms with Gasteiger partial charge in [-0.25, -0.2) is 0 Å². The fourth-order valence-corrected chi connectivity index (χ4v) is 5.12. The quantitative estimate of drug-likeness (QED) is 0.467. The number of aryl methyl sites for hydroxylation is 2. The summed E-state index contributed by atoms with van der Waals surface area (Å²) in [5.41, 5.74) is 2.54. The van der Waals surface area contributed by atoms with Gasteiger partial charge in [0.2, 0.25) is 11.7 Å². The van der Waals surface area contributed by atoms with Crippen LogP contribution < -0.4 is 15.2 Å². The zero-order valence-electron chi connectivity index (χ0n) is 15.8. The number of thiophene rings is 1. The second-order valence-electron chi connectivity index (χ2n) is 6.77. The van der Waals surface area contributed by atoms with Crippen LogP contribution in [0.25, 0.3) is 16.0 Å². The molecule has 0 saturated carbocycles. The van der Waals surface area contributed by atoms with Gasteiger partial charge in [0.1, 0.15) is 17.1 Å². The summed E-state index contributed by atoms with van der Waals surface area (Å²) in [6, 6.07) is 7.72. The van der Waals surface area contributed by atoms with Crippen molar-refractivity contribution in [3.63, 3.8) is 0 Å². The van der Waals surface area contributed by atoms with Crippen LogP contribution in [0.5, 0.6) is 5.75 Å². The number of nitrogens with zero attached hydrogens (tertiary/aromatic N) is 5. The smallest absolute Gasteiger partial charge is 0.272 e. The number of aromatic nitrogens is 4. The number of anilines is 1. The molecular weight excluding hydrogens is 410 g/mol. The average Bonchev–Trinajstić information content (AvgIpc) is 3.36. The van der Waals surface area contributed by atoms with E-state index in [1.165, 1.54) is 27.7 Å². The molecule has 4 aromatic rings. The maximum absolute atomic E-state index is 13.0. The van der Waals surface area contributed by atoms with E-state index in [1.807, 2.05) is 41.0 Å². The number of hydrogen-bond donors (Lipinski definition) is 0. The van der Waals surface area contributed by atoms with Gasteiger partial charge in [-0.15, -0.1) is 21.5 Å². The number of carbonyl (C=O) groups is 1. The number of ether oxygens (including phenoxy) is 1. The Labute approximate surface area is 173 Å². The SMILES string of the molecule is Cc1ccc2c(c1)N(C(=O)CSc1nnc3n(C)c(=O)c4sccc4n13)CCO2. The van der Waals surface area contributed by atoms with Crippen molar-refractivity contribution >= 4 is 50.7 Å². The molecule has 0 radical (unpaired) electrons.